The number of hydrogen-bond donors (Lipinski definition) is 1. The molecule has 0 saturated carbocycles. The Balaban J connectivity index is 1.30. The number of nitrogens with zero attached hydrogens (tertiary/aromatic N) is 2. The zero-order valence-electron chi connectivity index (χ0n) is 17.5. The Bertz CT molecular complexity index is 1110. The minimum Gasteiger partial charge on any atom is -0.449 e. The Labute approximate surface area is 177 Å². The second-order valence-electron chi connectivity index (χ2n) is 7.47. The van der Waals surface area contributed by atoms with E-state index in [1.807, 2.05) is 49.8 Å². The highest BCUT2D eigenvalue weighted by molar-refractivity contribution is 5.79. The summed E-state index contributed by atoms with van der Waals surface area (Å²) in [5.41, 5.74) is 7.78. The number of ether oxygens (including phenoxy) is 1. The molecule has 3 aromatic rings. The van der Waals surface area contributed by atoms with Crippen LogP contribution in [0.4, 0.5) is 4.79 Å². The van der Waals surface area contributed by atoms with Crippen LogP contribution in [0, 0.1) is 25.7 Å². The number of nitrogens with one attached hydrogen (secondary N) is 1. The molecule has 0 unspecified atom stereocenters. The molecule has 0 atom stereocenters. The predicted molar refractivity (Wildman–Crippen MR) is 117 cm³/mol. The Morgan fingerprint density at radius 2 is 1.73 bits per heavy atom. The number of alkyl carbamates (subject to hydrolysis) is 1. The maximum absolute atomic E-state index is 12.2. The first kappa shape index (κ1) is 19.8. The highest BCUT2D eigenvalue weighted by atomic mass is 16.5. The third-order valence-corrected chi connectivity index (χ3v) is 5.59. The van der Waals surface area contributed by atoms with Crippen molar-refractivity contribution in [3.63, 3.8) is 0 Å². The number of fused-ring (bicyclic) bond motifs is 3. The fourth-order valence-electron chi connectivity index (χ4n) is 3.98. The van der Waals surface area contributed by atoms with Crippen molar-refractivity contribution in [3.8, 4) is 23.0 Å². The van der Waals surface area contributed by atoms with Crippen LogP contribution < -0.4 is 5.32 Å². The van der Waals surface area contributed by atoms with E-state index < -0.39 is 6.09 Å². The number of hydrogen-bond acceptors (Lipinski definition) is 3. The van der Waals surface area contributed by atoms with Crippen molar-refractivity contribution in [3.05, 3.63) is 76.6 Å². The zero-order chi connectivity index (χ0) is 21.1. The number of carbonyl (C=O) groups is 1. The second-order valence-corrected chi connectivity index (χ2v) is 7.47. The lowest BCUT2D eigenvalue weighted by molar-refractivity contribution is 0.143. The van der Waals surface area contributed by atoms with Gasteiger partial charge in [-0.2, -0.15) is 5.10 Å². The molecule has 1 aliphatic rings. The highest BCUT2D eigenvalue weighted by Gasteiger charge is 2.28. The van der Waals surface area contributed by atoms with E-state index in [4.69, 9.17) is 4.74 Å². The lowest BCUT2D eigenvalue weighted by Crippen LogP contribution is -2.26. The standard InChI is InChI=1S/C25H25N3O2/c1-17-19(18(2)28(3)27-17)10-8-9-15-26-25(29)30-16-24-22-13-6-4-11-20(22)21-12-5-7-14-23(21)24/h4-7,11-14,24H,9,15-16H2,1-3H3,(H,26,29). The van der Waals surface area contributed by atoms with E-state index in [0.717, 1.165) is 17.0 Å². The monoisotopic (exact) mass is 399 g/mol. The van der Waals surface area contributed by atoms with Crippen LogP contribution in [0.3, 0.4) is 0 Å². The number of aryl methyl sites for hydroxylation is 2. The molecule has 1 N–H and O–H groups in total. The van der Waals surface area contributed by atoms with E-state index in [2.05, 4.69) is 46.5 Å². The van der Waals surface area contributed by atoms with E-state index in [1.165, 1.54) is 22.3 Å². The summed E-state index contributed by atoms with van der Waals surface area (Å²) in [6.07, 6.45) is 0.144. The normalized spacial score (nSPS) is 12.0. The van der Waals surface area contributed by atoms with Crippen molar-refractivity contribution in [1.82, 2.24) is 15.1 Å². The first-order valence-electron chi connectivity index (χ1n) is 10.1. The highest BCUT2D eigenvalue weighted by Crippen LogP contribution is 2.44. The third-order valence-electron chi connectivity index (χ3n) is 5.59. The number of benzene rings is 2. The topological polar surface area (TPSA) is 56.2 Å². The summed E-state index contributed by atoms with van der Waals surface area (Å²) >= 11 is 0. The summed E-state index contributed by atoms with van der Waals surface area (Å²) in [5.74, 6) is 6.32. The van der Waals surface area contributed by atoms with E-state index in [0.29, 0.717) is 19.6 Å². The summed E-state index contributed by atoms with van der Waals surface area (Å²) in [4.78, 5) is 12.2. The van der Waals surface area contributed by atoms with Crippen molar-refractivity contribution in [2.24, 2.45) is 7.05 Å². The maximum Gasteiger partial charge on any atom is 0.407 e. The van der Waals surface area contributed by atoms with E-state index in [-0.39, 0.29) is 5.92 Å². The first-order chi connectivity index (χ1) is 14.6. The van der Waals surface area contributed by atoms with Crippen LogP contribution in [-0.2, 0) is 11.8 Å². The summed E-state index contributed by atoms with van der Waals surface area (Å²) < 4.78 is 7.36. The van der Waals surface area contributed by atoms with Gasteiger partial charge in [-0.25, -0.2) is 4.79 Å². The van der Waals surface area contributed by atoms with Gasteiger partial charge >= 0.3 is 6.09 Å². The van der Waals surface area contributed by atoms with Gasteiger partial charge < -0.3 is 10.1 Å². The van der Waals surface area contributed by atoms with Crippen LogP contribution >= 0.6 is 0 Å². The van der Waals surface area contributed by atoms with Crippen LogP contribution in [0.2, 0.25) is 0 Å². The van der Waals surface area contributed by atoms with Crippen LogP contribution in [0.5, 0.6) is 0 Å². The Morgan fingerprint density at radius 3 is 2.33 bits per heavy atom. The molecular weight excluding hydrogens is 374 g/mol. The van der Waals surface area contributed by atoms with Crippen LogP contribution in [0.1, 0.15) is 40.4 Å². The van der Waals surface area contributed by atoms with Gasteiger partial charge in [-0.1, -0.05) is 60.4 Å². The van der Waals surface area contributed by atoms with Gasteiger partial charge in [-0.15, -0.1) is 0 Å². The average Bonchev–Trinajstić information content (AvgIpc) is 3.20. The van der Waals surface area contributed by atoms with Gasteiger partial charge in [-0.05, 0) is 36.1 Å². The van der Waals surface area contributed by atoms with Crippen molar-refractivity contribution in [1.29, 1.82) is 0 Å². The molecule has 0 spiro atoms. The van der Waals surface area contributed by atoms with Gasteiger partial charge in [0.2, 0.25) is 0 Å². The van der Waals surface area contributed by atoms with E-state index in [9.17, 15) is 4.79 Å². The van der Waals surface area contributed by atoms with E-state index >= 15 is 0 Å². The van der Waals surface area contributed by atoms with Gasteiger partial charge in [-0.3, -0.25) is 4.68 Å². The molecule has 0 saturated heterocycles. The van der Waals surface area contributed by atoms with Crippen molar-refractivity contribution in [2.45, 2.75) is 26.2 Å². The van der Waals surface area contributed by atoms with Crippen molar-refractivity contribution in [2.75, 3.05) is 13.2 Å². The summed E-state index contributed by atoms with van der Waals surface area (Å²) in [6, 6.07) is 16.6. The molecule has 0 aliphatic heterocycles. The Hall–Kier alpha value is -3.52. The molecule has 152 valence electrons. The quantitative estimate of drug-likeness (QED) is 0.525. The smallest absolute Gasteiger partial charge is 0.407 e. The van der Waals surface area contributed by atoms with Gasteiger partial charge in [0.1, 0.15) is 6.61 Å². The van der Waals surface area contributed by atoms with Crippen molar-refractivity contribution < 1.29 is 9.53 Å². The number of aromatic nitrogens is 2. The van der Waals surface area contributed by atoms with Gasteiger partial charge in [0.15, 0.2) is 0 Å². The Morgan fingerprint density at radius 1 is 1.10 bits per heavy atom. The molecule has 0 bridgehead atoms. The molecule has 5 nitrogen and oxygen atoms in total. The largest absolute Gasteiger partial charge is 0.449 e. The number of amides is 1. The van der Waals surface area contributed by atoms with Gasteiger partial charge in [0, 0.05) is 25.9 Å². The molecule has 4 rings (SSSR count). The van der Waals surface area contributed by atoms with Crippen LogP contribution in [0.25, 0.3) is 11.1 Å². The van der Waals surface area contributed by atoms with Crippen molar-refractivity contribution >= 4 is 6.09 Å². The third kappa shape index (κ3) is 3.81. The number of rotatable bonds is 4. The molecule has 2 aromatic carbocycles. The minimum atomic E-state index is -0.410. The van der Waals surface area contributed by atoms with Crippen LogP contribution in [-0.4, -0.2) is 29.0 Å². The Kier molecular flexibility index (Phi) is 5.58. The molecule has 0 fully saturated rings. The number of carbonyl (C=O) groups excluding carboxylic acids is 1. The summed E-state index contributed by atoms with van der Waals surface area (Å²) in [6.45, 7) is 4.71. The molecule has 1 aromatic heterocycles. The average molecular weight is 399 g/mol. The fourth-order valence-corrected chi connectivity index (χ4v) is 3.98. The molecule has 1 aliphatic carbocycles. The van der Waals surface area contributed by atoms with Gasteiger partial charge in [0.05, 0.1) is 17.0 Å². The maximum atomic E-state index is 12.2. The molecule has 1 amide bonds. The van der Waals surface area contributed by atoms with Crippen LogP contribution in [0.15, 0.2) is 48.5 Å². The lowest BCUT2D eigenvalue weighted by Gasteiger charge is -2.14. The minimum absolute atomic E-state index is 0.0690. The van der Waals surface area contributed by atoms with E-state index in [1.54, 1.807) is 0 Å². The SMILES string of the molecule is Cc1nn(C)c(C)c1C#CCCNC(=O)OCC1c2ccccc2-c2ccccc21. The molecule has 5 heteroatoms. The summed E-state index contributed by atoms with van der Waals surface area (Å²) in [7, 11) is 1.91. The lowest BCUT2D eigenvalue weighted by atomic mass is 9.98. The first-order valence-corrected chi connectivity index (χ1v) is 10.1. The predicted octanol–water partition coefficient (Wildman–Crippen LogP) is 4.32. The molecule has 30 heavy (non-hydrogen) atoms. The molecular formula is C25H25N3O2. The zero-order valence-corrected chi connectivity index (χ0v) is 17.5. The molecule has 0 radical (unpaired) electrons. The van der Waals surface area contributed by atoms with Gasteiger partial charge in [0.25, 0.3) is 0 Å². The summed E-state index contributed by atoms with van der Waals surface area (Å²) in [5, 5.41) is 7.15. The fraction of sp³-hybridized carbons (Fsp3) is 0.280. The second kappa shape index (κ2) is 8.46. The molecule has 1 heterocycles.